The smallest absolute Gasteiger partial charge is 0.0343 e. The van der Waals surface area contributed by atoms with E-state index in [-0.39, 0.29) is 0 Å². The van der Waals surface area contributed by atoms with Crippen molar-refractivity contribution in [2.75, 3.05) is 5.32 Å². The highest BCUT2D eigenvalue weighted by Gasteiger charge is 2.11. The van der Waals surface area contributed by atoms with Gasteiger partial charge in [0.25, 0.3) is 0 Å². The minimum absolute atomic E-state index is 0.667. The minimum Gasteiger partial charge on any atom is -0.382 e. The molecule has 0 spiro atoms. The Labute approximate surface area is 132 Å². The quantitative estimate of drug-likeness (QED) is 0.697. The van der Waals surface area contributed by atoms with E-state index in [9.17, 15) is 0 Å². The van der Waals surface area contributed by atoms with Crippen LogP contribution in [-0.4, -0.2) is 6.04 Å². The van der Waals surface area contributed by atoms with Crippen LogP contribution in [0.4, 0.5) is 5.69 Å². The fourth-order valence-electron chi connectivity index (χ4n) is 2.90. The molecule has 2 aromatic rings. The number of hydrogen-bond donors (Lipinski definition) is 1. The van der Waals surface area contributed by atoms with Crippen LogP contribution in [0.1, 0.15) is 38.5 Å². The molecule has 0 heterocycles. The van der Waals surface area contributed by atoms with Crippen molar-refractivity contribution in [3.63, 3.8) is 0 Å². The maximum Gasteiger partial charge on any atom is 0.0343 e. The molecule has 3 rings (SSSR count). The van der Waals surface area contributed by atoms with Gasteiger partial charge in [-0.3, -0.25) is 0 Å². The van der Waals surface area contributed by atoms with Crippen LogP contribution < -0.4 is 5.32 Å². The summed E-state index contributed by atoms with van der Waals surface area (Å²) in [5.41, 5.74) is 1.26. The van der Waals surface area contributed by atoms with E-state index in [1.54, 1.807) is 0 Å². The van der Waals surface area contributed by atoms with Gasteiger partial charge in [-0.15, -0.1) is 0 Å². The molecule has 1 saturated carbocycles. The van der Waals surface area contributed by atoms with Gasteiger partial charge in [-0.1, -0.05) is 55.6 Å². The van der Waals surface area contributed by atoms with E-state index in [4.69, 9.17) is 0 Å². The van der Waals surface area contributed by atoms with E-state index < -0.39 is 0 Å². The monoisotopic (exact) mass is 297 g/mol. The lowest BCUT2D eigenvalue weighted by atomic mass is 10.1. The van der Waals surface area contributed by atoms with Crippen LogP contribution in [0.15, 0.2) is 64.4 Å². The maximum absolute atomic E-state index is 3.70. The van der Waals surface area contributed by atoms with Crippen LogP contribution >= 0.6 is 11.8 Å². The highest BCUT2D eigenvalue weighted by atomic mass is 32.2. The van der Waals surface area contributed by atoms with Gasteiger partial charge in [0.15, 0.2) is 0 Å². The number of nitrogens with one attached hydrogen (secondary N) is 1. The average Bonchev–Trinajstić information content (AvgIpc) is 2.79. The van der Waals surface area contributed by atoms with Crippen LogP contribution in [0, 0.1) is 0 Å². The minimum atomic E-state index is 0.667. The second kappa shape index (κ2) is 7.56. The lowest BCUT2D eigenvalue weighted by molar-refractivity contribution is 0.620. The molecule has 0 aliphatic heterocycles. The largest absolute Gasteiger partial charge is 0.382 e. The summed E-state index contributed by atoms with van der Waals surface area (Å²) in [6.45, 7) is 0. The topological polar surface area (TPSA) is 12.0 Å². The Hall–Kier alpha value is -1.41. The van der Waals surface area contributed by atoms with Gasteiger partial charge in [0.05, 0.1) is 0 Å². The van der Waals surface area contributed by atoms with E-state index >= 15 is 0 Å². The van der Waals surface area contributed by atoms with Crippen molar-refractivity contribution < 1.29 is 0 Å². The third-order valence-electron chi connectivity index (χ3n) is 4.06. The molecular formula is C19H23NS. The number of rotatable bonds is 4. The van der Waals surface area contributed by atoms with Gasteiger partial charge in [-0.05, 0) is 49.2 Å². The van der Waals surface area contributed by atoms with Gasteiger partial charge < -0.3 is 5.32 Å². The first kappa shape index (κ1) is 14.5. The predicted molar refractivity (Wildman–Crippen MR) is 92.1 cm³/mol. The molecule has 1 fully saturated rings. The first-order chi connectivity index (χ1) is 10.4. The second-order valence-electron chi connectivity index (χ2n) is 5.77. The van der Waals surface area contributed by atoms with Crippen molar-refractivity contribution in [3.05, 3.63) is 54.6 Å². The van der Waals surface area contributed by atoms with Gasteiger partial charge in [0.2, 0.25) is 0 Å². The Morgan fingerprint density at radius 3 is 2.00 bits per heavy atom. The summed E-state index contributed by atoms with van der Waals surface area (Å²) >= 11 is 1.82. The standard InChI is InChI=1S/C19H23NS/c1-2-5-9-16(8-4-1)20-17-12-14-19(15-13-17)21-18-10-6-3-7-11-18/h3,6-7,10-16,20H,1-2,4-5,8-9H2. The van der Waals surface area contributed by atoms with E-state index in [2.05, 4.69) is 59.9 Å². The van der Waals surface area contributed by atoms with Crippen molar-refractivity contribution in [2.45, 2.75) is 54.4 Å². The first-order valence-corrected chi connectivity index (χ1v) is 8.81. The summed E-state index contributed by atoms with van der Waals surface area (Å²) < 4.78 is 0. The summed E-state index contributed by atoms with van der Waals surface area (Å²) in [7, 11) is 0. The van der Waals surface area contributed by atoms with Gasteiger partial charge in [0.1, 0.15) is 0 Å². The molecule has 0 unspecified atom stereocenters. The zero-order valence-electron chi connectivity index (χ0n) is 12.4. The van der Waals surface area contributed by atoms with E-state index in [1.807, 2.05) is 11.8 Å². The third-order valence-corrected chi connectivity index (χ3v) is 5.07. The van der Waals surface area contributed by atoms with Gasteiger partial charge in [0, 0.05) is 21.5 Å². The number of hydrogen-bond acceptors (Lipinski definition) is 2. The molecule has 1 aliphatic carbocycles. The highest BCUT2D eigenvalue weighted by Crippen LogP contribution is 2.29. The Morgan fingerprint density at radius 2 is 1.33 bits per heavy atom. The molecule has 0 amide bonds. The molecule has 1 nitrogen and oxygen atoms in total. The third kappa shape index (κ3) is 4.53. The number of anilines is 1. The lowest BCUT2D eigenvalue weighted by Crippen LogP contribution is -2.17. The van der Waals surface area contributed by atoms with Crippen molar-refractivity contribution in [3.8, 4) is 0 Å². The molecule has 21 heavy (non-hydrogen) atoms. The Kier molecular flexibility index (Phi) is 5.23. The molecule has 0 radical (unpaired) electrons. The average molecular weight is 297 g/mol. The van der Waals surface area contributed by atoms with Crippen molar-refractivity contribution in [2.24, 2.45) is 0 Å². The predicted octanol–water partition coefficient (Wildman–Crippen LogP) is 5.97. The lowest BCUT2D eigenvalue weighted by Gasteiger charge is -2.17. The fourth-order valence-corrected chi connectivity index (χ4v) is 3.74. The Bertz CT molecular complexity index is 527. The van der Waals surface area contributed by atoms with E-state index in [1.165, 1.54) is 54.0 Å². The molecule has 0 aromatic heterocycles. The van der Waals surface area contributed by atoms with Crippen LogP contribution in [0.25, 0.3) is 0 Å². The van der Waals surface area contributed by atoms with Gasteiger partial charge in [-0.2, -0.15) is 0 Å². The molecular weight excluding hydrogens is 274 g/mol. The Morgan fingerprint density at radius 1 is 0.714 bits per heavy atom. The SMILES string of the molecule is c1ccc(Sc2ccc(NC3CCCCCC3)cc2)cc1. The van der Waals surface area contributed by atoms with Crippen molar-refractivity contribution in [1.82, 2.24) is 0 Å². The zero-order valence-corrected chi connectivity index (χ0v) is 13.2. The highest BCUT2D eigenvalue weighted by molar-refractivity contribution is 7.99. The van der Waals surface area contributed by atoms with Crippen LogP contribution in [0.2, 0.25) is 0 Å². The fraction of sp³-hybridized carbons (Fsp3) is 0.368. The summed E-state index contributed by atoms with van der Waals surface area (Å²) in [6.07, 6.45) is 8.20. The van der Waals surface area contributed by atoms with Crippen molar-refractivity contribution in [1.29, 1.82) is 0 Å². The van der Waals surface area contributed by atoms with Crippen LogP contribution in [0.5, 0.6) is 0 Å². The van der Waals surface area contributed by atoms with Crippen LogP contribution in [0.3, 0.4) is 0 Å². The van der Waals surface area contributed by atoms with Crippen molar-refractivity contribution >= 4 is 17.4 Å². The van der Waals surface area contributed by atoms with Crippen LogP contribution in [-0.2, 0) is 0 Å². The normalized spacial score (nSPS) is 16.4. The van der Waals surface area contributed by atoms with E-state index in [0.717, 1.165) is 0 Å². The molecule has 1 aliphatic rings. The molecule has 0 saturated heterocycles. The Balaban J connectivity index is 1.58. The molecule has 1 N–H and O–H groups in total. The molecule has 0 atom stereocenters. The zero-order chi connectivity index (χ0) is 14.3. The van der Waals surface area contributed by atoms with Gasteiger partial charge in [-0.25, -0.2) is 0 Å². The second-order valence-corrected chi connectivity index (χ2v) is 6.92. The maximum atomic E-state index is 3.70. The number of benzene rings is 2. The van der Waals surface area contributed by atoms with Gasteiger partial charge >= 0.3 is 0 Å². The summed E-state index contributed by atoms with van der Waals surface area (Å²) in [5.74, 6) is 0. The van der Waals surface area contributed by atoms with E-state index in [0.29, 0.717) is 6.04 Å². The molecule has 0 bridgehead atoms. The molecule has 110 valence electrons. The summed E-state index contributed by atoms with van der Waals surface area (Å²) in [6, 6.07) is 20.1. The molecule has 2 aromatic carbocycles. The summed E-state index contributed by atoms with van der Waals surface area (Å²) in [5, 5.41) is 3.70. The summed E-state index contributed by atoms with van der Waals surface area (Å²) in [4.78, 5) is 2.59. The first-order valence-electron chi connectivity index (χ1n) is 8.00. The molecule has 2 heteroatoms.